The number of ether oxygens (including phenoxy) is 1. The molecule has 3 nitrogen and oxygen atoms in total. The fourth-order valence-electron chi connectivity index (χ4n) is 0.911. The molecule has 1 rings (SSSR count). The van der Waals surface area contributed by atoms with E-state index in [9.17, 15) is 9.18 Å². The fraction of sp³-hybridized carbons (Fsp3) is 0.125. The van der Waals surface area contributed by atoms with Gasteiger partial charge in [-0.25, -0.2) is 9.18 Å². The summed E-state index contributed by atoms with van der Waals surface area (Å²) < 4.78 is 17.1. The van der Waals surface area contributed by atoms with E-state index in [2.05, 4.69) is 4.74 Å². The van der Waals surface area contributed by atoms with Gasteiger partial charge in [0.25, 0.3) is 0 Å². The number of rotatable bonds is 1. The number of methoxy groups -OCH3 is 1. The lowest BCUT2D eigenvalue weighted by molar-refractivity contribution is 0.0602. The minimum atomic E-state index is -0.678. The quantitative estimate of drug-likeness (QED) is 0.560. The zero-order valence-corrected chi connectivity index (χ0v) is 7.56. The lowest BCUT2D eigenvalue weighted by Gasteiger charge is -2.05. The highest BCUT2D eigenvalue weighted by atomic mass is 35.5. The van der Waals surface area contributed by atoms with Gasteiger partial charge in [-0.15, -0.1) is 0 Å². The summed E-state index contributed by atoms with van der Waals surface area (Å²) >= 11 is 5.59. The lowest BCUT2D eigenvalue weighted by Crippen LogP contribution is -2.06. The second kappa shape index (κ2) is 3.62. The number of carbonyl (C=O) groups is 1. The molecule has 5 heteroatoms. The van der Waals surface area contributed by atoms with Crippen LogP contribution in [0.3, 0.4) is 0 Å². The Morgan fingerprint density at radius 2 is 2.23 bits per heavy atom. The van der Waals surface area contributed by atoms with Crippen LogP contribution >= 0.6 is 11.6 Å². The number of nitrogen functional groups attached to an aromatic ring is 1. The van der Waals surface area contributed by atoms with E-state index in [0.29, 0.717) is 0 Å². The molecule has 1 aromatic rings. The van der Waals surface area contributed by atoms with Crippen LogP contribution in [0.1, 0.15) is 10.4 Å². The van der Waals surface area contributed by atoms with Crippen LogP contribution in [0.15, 0.2) is 12.1 Å². The van der Waals surface area contributed by atoms with Gasteiger partial charge in [0.05, 0.1) is 17.8 Å². The summed E-state index contributed by atoms with van der Waals surface area (Å²) in [6.07, 6.45) is 0. The number of anilines is 1. The van der Waals surface area contributed by atoms with Crippen LogP contribution in [0.5, 0.6) is 0 Å². The van der Waals surface area contributed by atoms with Gasteiger partial charge in [0.2, 0.25) is 0 Å². The van der Waals surface area contributed by atoms with E-state index >= 15 is 0 Å². The van der Waals surface area contributed by atoms with E-state index in [-0.39, 0.29) is 16.3 Å². The van der Waals surface area contributed by atoms with Gasteiger partial charge in [-0.2, -0.15) is 0 Å². The van der Waals surface area contributed by atoms with Crippen molar-refractivity contribution in [3.8, 4) is 0 Å². The predicted molar refractivity (Wildman–Crippen MR) is 47.2 cm³/mol. The highest BCUT2D eigenvalue weighted by Gasteiger charge is 2.15. The molecule has 0 atom stereocenters. The Morgan fingerprint density at radius 3 is 2.69 bits per heavy atom. The minimum Gasteiger partial charge on any atom is -0.465 e. The van der Waals surface area contributed by atoms with Crippen molar-refractivity contribution in [2.45, 2.75) is 0 Å². The maximum atomic E-state index is 12.7. The van der Waals surface area contributed by atoms with Crippen LogP contribution in [0.4, 0.5) is 10.1 Å². The molecule has 0 aliphatic carbocycles. The molecule has 0 radical (unpaired) electrons. The molecule has 2 N–H and O–H groups in total. The molecule has 0 spiro atoms. The maximum Gasteiger partial charge on any atom is 0.341 e. The summed E-state index contributed by atoms with van der Waals surface area (Å²) in [4.78, 5) is 11.1. The van der Waals surface area contributed by atoms with Gasteiger partial charge in [0, 0.05) is 0 Å². The van der Waals surface area contributed by atoms with E-state index in [1.807, 2.05) is 0 Å². The number of hydrogen-bond donors (Lipinski definition) is 1. The Kier molecular flexibility index (Phi) is 2.72. The summed E-state index contributed by atoms with van der Waals surface area (Å²) in [5.41, 5.74) is 5.33. The van der Waals surface area contributed by atoms with Gasteiger partial charge in [0.15, 0.2) is 0 Å². The summed E-state index contributed by atoms with van der Waals surface area (Å²) in [6.45, 7) is 0. The van der Waals surface area contributed by atoms with Crippen molar-refractivity contribution >= 4 is 23.3 Å². The summed E-state index contributed by atoms with van der Waals surface area (Å²) in [5.74, 6) is -1.27. The third-order valence-electron chi connectivity index (χ3n) is 1.48. The zero-order valence-electron chi connectivity index (χ0n) is 6.80. The molecule has 0 aliphatic rings. The second-order valence-corrected chi connectivity index (χ2v) is 2.75. The Bertz CT molecular complexity index is 331. The Balaban J connectivity index is 3.28. The molecule has 0 saturated carbocycles. The highest BCUT2D eigenvalue weighted by Crippen LogP contribution is 2.24. The van der Waals surface area contributed by atoms with Crippen LogP contribution in [0.25, 0.3) is 0 Å². The van der Waals surface area contributed by atoms with Crippen molar-refractivity contribution in [2.24, 2.45) is 0 Å². The largest absolute Gasteiger partial charge is 0.465 e. The number of hydrogen-bond acceptors (Lipinski definition) is 3. The average Bonchev–Trinajstić information content (AvgIpc) is 2.02. The van der Waals surface area contributed by atoms with Gasteiger partial charge in [0.1, 0.15) is 11.4 Å². The van der Waals surface area contributed by atoms with Crippen molar-refractivity contribution in [2.75, 3.05) is 12.8 Å². The summed E-state index contributed by atoms with van der Waals surface area (Å²) in [6, 6.07) is 2.02. The van der Waals surface area contributed by atoms with Crippen molar-refractivity contribution in [1.82, 2.24) is 0 Å². The van der Waals surface area contributed by atoms with E-state index in [1.54, 1.807) is 0 Å². The first-order chi connectivity index (χ1) is 6.06. The molecule has 70 valence electrons. The van der Waals surface area contributed by atoms with Crippen molar-refractivity contribution < 1.29 is 13.9 Å². The van der Waals surface area contributed by atoms with Gasteiger partial charge >= 0.3 is 5.97 Å². The number of benzene rings is 1. The maximum absolute atomic E-state index is 12.7. The smallest absolute Gasteiger partial charge is 0.341 e. The van der Waals surface area contributed by atoms with E-state index in [4.69, 9.17) is 17.3 Å². The van der Waals surface area contributed by atoms with E-state index < -0.39 is 11.8 Å². The van der Waals surface area contributed by atoms with Crippen molar-refractivity contribution in [3.63, 3.8) is 0 Å². The minimum absolute atomic E-state index is 0.00873. The lowest BCUT2D eigenvalue weighted by atomic mass is 10.2. The normalized spacial score (nSPS) is 9.77. The fourth-order valence-corrected chi connectivity index (χ4v) is 1.20. The third-order valence-corrected chi connectivity index (χ3v) is 1.77. The molecule has 0 fully saturated rings. The first-order valence-corrected chi connectivity index (χ1v) is 3.77. The molecular weight excluding hydrogens is 197 g/mol. The van der Waals surface area contributed by atoms with Crippen LogP contribution in [-0.4, -0.2) is 13.1 Å². The Morgan fingerprint density at radius 1 is 1.62 bits per heavy atom. The summed E-state index contributed by atoms with van der Waals surface area (Å²) in [7, 11) is 1.20. The molecule has 0 aliphatic heterocycles. The van der Waals surface area contributed by atoms with E-state index in [1.165, 1.54) is 7.11 Å². The first kappa shape index (κ1) is 9.80. The van der Waals surface area contributed by atoms with Crippen molar-refractivity contribution in [3.05, 3.63) is 28.5 Å². The average molecular weight is 204 g/mol. The topological polar surface area (TPSA) is 52.3 Å². The second-order valence-electron chi connectivity index (χ2n) is 2.34. The van der Waals surface area contributed by atoms with Gasteiger partial charge in [-0.05, 0) is 12.1 Å². The van der Waals surface area contributed by atoms with E-state index in [0.717, 1.165) is 12.1 Å². The molecule has 0 saturated heterocycles. The van der Waals surface area contributed by atoms with Gasteiger partial charge in [-0.3, -0.25) is 0 Å². The van der Waals surface area contributed by atoms with Crippen LogP contribution in [0.2, 0.25) is 5.02 Å². The van der Waals surface area contributed by atoms with Crippen LogP contribution in [-0.2, 0) is 4.74 Å². The molecule has 0 bridgehead atoms. The molecule has 13 heavy (non-hydrogen) atoms. The first-order valence-electron chi connectivity index (χ1n) is 3.39. The number of nitrogens with two attached hydrogens (primary N) is 1. The molecule has 0 amide bonds. The number of esters is 1. The number of halogens is 2. The molecule has 1 aromatic carbocycles. The van der Waals surface area contributed by atoms with Crippen LogP contribution < -0.4 is 5.73 Å². The standard InChI is InChI=1S/C8H7ClFNO2/c1-13-8(12)7-5(9)2-4(10)3-6(7)11/h2-3H,11H2,1H3. The molecule has 0 unspecified atom stereocenters. The van der Waals surface area contributed by atoms with Crippen LogP contribution in [0, 0.1) is 5.82 Å². The zero-order chi connectivity index (χ0) is 10.0. The monoisotopic (exact) mass is 203 g/mol. The Labute approximate surface area is 79.2 Å². The highest BCUT2D eigenvalue weighted by molar-refractivity contribution is 6.34. The Hall–Kier alpha value is -1.29. The predicted octanol–water partition coefficient (Wildman–Crippen LogP) is 1.85. The number of carbonyl (C=O) groups excluding carboxylic acids is 1. The van der Waals surface area contributed by atoms with Gasteiger partial charge < -0.3 is 10.5 Å². The third kappa shape index (κ3) is 1.89. The molecular formula is C8H7ClFNO2. The molecule has 0 aromatic heterocycles. The van der Waals surface area contributed by atoms with Crippen molar-refractivity contribution in [1.29, 1.82) is 0 Å². The SMILES string of the molecule is COC(=O)c1c(N)cc(F)cc1Cl. The van der Waals surface area contributed by atoms with Gasteiger partial charge in [-0.1, -0.05) is 11.6 Å². The summed E-state index contributed by atoms with van der Waals surface area (Å²) in [5, 5.41) is -0.0515. The molecule has 0 heterocycles.